The van der Waals surface area contributed by atoms with Crippen LogP contribution >= 0.6 is 0 Å². The predicted octanol–water partition coefficient (Wildman–Crippen LogP) is 1.36. The Kier molecular flexibility index (Phi) is 2.48. The molecule has 2 nitrogen and oxygen atoms in total. The van der Waals surface area contributed by atoms with Gasteiger partial charge in [0.2, 0.25) is 0 Å². The average Bonchev–Trinajstić information content (AvgIpc) is 2.51. The van der Waals surface area contributed by atoms with E-state index in [-0.39, 0.29) is 6.04 Å². The lowest BCUT2D eigenvalue weighted by Crippen LogP contribution is -2.15. The Labute approximate surface area is 80.6 Å². The molecule has 2 atom stereocenters. The molecule has 1 heterocycles. The molecule has 14 heavy (non-hydrogen) atoms. The molecular weight excluding hydrogens is 188 g/mol. The molecule has 2 unspecified atom stereocenters. The van der Waals surface area contributed by atoms with Crippen molar-refractivity contribution in [1.82, 2.24) is 5.32 Å². The Hall–Kier alpha value is -1.00. The van der Waals surface area contributed by atoms with Gasteiger partial charge in [-0.15, -0.1) is 0 Å². The Morgan fingerprint density at radius 3 is 2.71 bits per heavy atom. The molecule has 0 bridgehead atoms. The van der Waals surface area contributed by atoms with Crippen LogP contribution in [-0.2, 0) is 0 Å². The van der Waals surface area contributed by atoms with Gasteiger partial charge in [-0.1, -0.05) is 6.07 Å². The van der Waals surface area contributed by atoms with E-state index in [2.05, 4.69) is 5.32 Å². The van der Waals surface area contributed by atoms with Gasteiger partial charge in [0, 0.05) is 24.2 Å². The number of hydrogen-bond acceptors (Lipinski definition) is 2. The third-order valence-corrected chi connectivity index (χ3v) is 2.45. The lowest BCUT2D eigenvalue weighted by molar-refractivity contribution is 0.193. The Morgan fingerprint density at radius 2 is 2.14 bits per heavy atom. The van der Waals surface area contributed by atoms with Crippen LogP contribution in [0.4, 0.5) is 8.78 Å². The molecule has 1 aliphatic heterocycles. The Bertz CT molecular complexity index is 343. The summed E-state index contributed by atoms with van der Waals surface area (Å²) in [6, 6.07) is 3.30. The lowest BCUT2D eigenvalue weighted by Gasteiger charge is -2.11. The monoisotopic (exact) mass is 199 g/mol. The molecule has 0 saturated carbocycles. The fourth-order valence-corrected chi connectivity index (χ4v) is 1.74. The van der Waals surface area contributed by atoms with E-state index >= 15 is 0 Å². The highest BCUT2D eigenvalue weighted by Crippen LogP contribution is 2.25. The van der Waals surface area contributed by atoms with Crippen LogP contribution in [0.2, 0.25) is 0 Å². The Balaban J connectivity index is 2.24. The molecule has 2 rings (SSSR count). The van der Waals surface area contributed by atoms with Crippen molar-refractivity contribution in [2.75, 3.05) is 6.54 Å². The van der Waals surface area contributed by atoms with E-state index < -0.39 is 17.7 Å². The van der Waals surface area contributed by atoms with E-state index in [0.717, 1.165) is 6.07 Å². The summed E-state index contributed by atoms with van der Waals surface area (Å²) in [4.78, 5) is 0. The zero-order valence-electron chi connectivity index (χ0n) is 7.50. The van der Waals surface area contributed by atoms with Gasteiger partial charge in [0.25, 0.3) is 0 Å². The minimum atomic E-state index is -0.579. The second kappa shape index (κ2) is 3.63. The number of nitrogens with one attached hydrogen (secondary N) is 1. The second-order valence-corrected chi connectivity index (χ2v) is 3.52. The third kappa shape index (κ3) is 1.76. The van der Waals surface area contributed by atoms with E-state index in [4.69, 9.17) is 0 Å². The normalized spacial score (nSPS) is 26.8. The van der Waals surface area contributed by atoms with Crippen LogP contribution in [0.25, 0.3) is 0 Å². The van der Waals surface area contributed by atoms with Crippen LogP contribution in [0.1, 0.15) is 18.0 Å². The van der Waals surface area contributed by atoms with Crippen LogP contribution < -0.4 is 5.32 Å². The van der Waals surface area contributed by atoms with E-state index in [9.17, 15) is 13.9 Å². The summed E-state index contributed by atoms with van der Waals surface area (Å²) < 4.78 is 25.9. The standard InChI is InChI=1S/C10H11F2NO/c11-6-1-2-8(9(12)3-6)10-4-7(14)5-13-10/h1-3,7,10,13-14H,4-5H2. The van der Waals surface area contributed by atoms with E-state index in [1.807, 2.05) is 0 Å². The van der Waals surface area contributed by atoms with E-state index in [1.165, 1.54) is 12.1 Å². The molecule has 1 saturated heterocycles. The van der Waals surface area contributed by atoms with Gasteiger partial charge in [0.15, 0.2) is 0 Å². The SMILES string of the molecule is OC1CNC(c2ccc(F)cc2F)C1. The first-order valence-electron chi connectivity index (χ1n) is 4.53. The molecule has 0 amide bonds. The van der Waals surface area contributed by atoms with Gasteiger partial charge in [0.05, 0.1) is 6.10 Å². The minimum absolute atomic E-state index is 0.203. The summed E-state index contributed by atoms with van der Waals surface area (Å²) in [6.45, 7) is 0.460. The summed E-state index contributed by atoms with van der Waals surface area (Å²) in [5.41, 5.74) is 0.419. The zero-order chi connectivity index (χ0) is 10.1. The molecule has 0 radical (unpaired) electrons. The van der Waals surface area contributed by atoms with Gasteiger partial charge >= 0.3 is 0 Å². The summed E-state index contributed by atoms with van der Waals surface area (Å²) >= 11 is 0. The van der Waals surface area contributed by atoms with E-state index in [0.29, 0.717) is 18.5 Å². The molecule has 0 spiro atoms. The van der Waals surface area contributed by atoms with Crippen molar-refractivity contribution in [3.05, 3.63) is 35.4 Å². The minimum Gasteiger partial charge on any atom is -0.392 e. The second-order valence-electron chi connectivity index (χ2n) is 3.52. The van der Waals surface area contributed by atoms with Crippen molar-refractivity contribution in [2.45, 2.75) is 18.6 Å². The third-order valence-electron chi connectivity index (χ3n) is 2.45. The van der Waals surface area contributed by atoms with Gasteiger partial charge in [-0.2, -0.15) is 0 Å². The van der Waals surface area contributed by atoms with Crippen molar-refractivity contribution in [2.24, 2.45) is 0 Å². The molecule has 1 aromatic rings. The average molecular weight is 199 g/mol. The van der Waals surface area contributed by atoms with Crippen LogP contribution in [0.15, 0.2) is 18.2 Å². The van der Waals surface area contributed by atoms with Gasteiger partial charge < -0.3 is 10.4 Å². The molecule has 1 fully saturated rings. The molecule has 0 aromatic heterocycles. The number of halogens is 2. The highest BCUT2D eigenvalue weighted by atomic mass is 19.1. The molecule has 1 aromatic carbocycles. The maximum Gasteiger partial charge on any atom is 0.130 e. The Morgan fingerprint density at radius 1 is 1.36 bits per heavy atom. The molecular formula is C10H11F2NO. The molecule has 0 aliphatic carbocycles. The number of aliphatic hydroxyl groups is 1. The van der Waals surface area contributed by atoms with Crippen molar-refractivity contribution in [1.29, 1.82) is 0 Å². The molecule has 2 N–H and O–H groups in total. The molecule has 4 heteroatoms. The van der Waals surface area contributed by atoms with E-state index in [1.54, 1.807) is 0 Å². The highest BCUT2D eigenvalue weighted by Gasteiger charge is 2.25. The van der Waals surface area contributed by atoms with Crippen LogP contribution in [-0.4, -0.2) is 17.8 Å². The maximum atomic E-state index is 13.3. The number of β-amino-alcohol motifs (C(OH)–C–C–N with tert-alkyl or cyclic N) is 1. The maximum absolute atomic E-state index is 13.3. The van der Waals surface area contributed by atoms with Crippen LogP contribution in [0.3, 0.4) is 0 Å². The van der Waals surface area contributed by atoms with Crippen molar-refractivity contribution in [3.8, 4) is 0 Å². The fourth-order valence-electron chi connectivity index (χ4n) is 1.74. The highest BCUT2D eigenvalue weighted by molar-refractivity contribution is 5.23. The quantitative estimate of drug-likeness (QED) is 0.715. The first-order valence-corrected chi connectivity index (χ1v) is 4.53. The number of benzene rings is 1. The van der Waals surface area contributed by atoms with Crippen molar-refractivity contribution >= 4 is 0 Å². The fraction of sp³-hybridized carbons (Fsp3) is 0.400. The van der Waals surface area contributed by atoms with Crippen LogP contribution in [0.5, 0.6) is 0 Å². The van der Waals surface area contributed by atoms with Gasteiger partial charge in [0.1, 0.15) is 11.6 Å². The molecule has 1 aliphatic rings. The summed E-state index contributed by atoms with van der Waals surface area (Å²) in [5, 5.41) is 12.2. The van der Waals surface area contributed by atoms with Crippen molar-refractivity contribution in [3.63, 3.8) is 0 Å². The summed E-state index contributed by atoms with van der Waals surface area (Å²) in [6.07, 6.45) is 0.0344. The largest absolute Gasteiger partial charge is 0.392 e. The smallest absolute Gasteiger partial charge is 0.130 e. The summed E-state index contributed by atoms with van der Waals surface area (Å²) in [5.74, 6) is -1.14. The van der Waals surface area contributed by atoms with Gasteiger partial charge in [-0.05, 0) is 12.5 Å². The van der Waals surface area contributed by atoms with Gasteiger partial charge in [-0.3, -0.25) is 0 Å². The molecule has 76 valence electrons. The first kappa shape index (κ1) is 9.55. The lowest BCUT2D eigenvalue weighted by atomic mass is 10.0. The zero-order valence-corrected chi connectivity index (χ0v) is 7.50. The van der Waals surface area contributed by atoms with Crippen LogP contribution in [0, 0.1) is 11.6 Å². The first-order chi connectivity index (χ1) is 6.66. The topological polar surface area (TPSA) is 32.3 Å². The number of aliphatic hydroxyl groups excluding tert-OH is 1. The van der Waals surface area contributed by atoms with Gasteiger partial charge in [-0.25, -0.2) is 8.78 Å². The number of rotatable bonds is 1. The predicted molar refractivity (Wildman–Crippen MR) is 47.7 cm³/mol. The summed E-state index contributed by atoms with van der Waals surface area (Å²) in [7, 11) is 0. The van der Waals surface area contributed by atoms with Crippen molar-refractivity contribution < 1.29 is 13.9 Å². The number of hydrogen-bond donors (Lipinski definition) is 2.